The molecule has 25 heavy (non-hydrogen) atoms. The van der Waals surface area contributed by atoms with Crippen LogP contribution in [0.3, 0.4) is 0 Å². The maximum Gasteiger partial charge on any atom is 0.125 e. The predicted molar refractivity (Wildman–Crippen MR) is 109 cm³/mol. The van der Waals surface area contributed by atoms with Crippen LogP contribution in [-0.2, 0) is 0 Å². The van der Waals surface area contributed by atoms with E-state index in [9.17, 15) is 5.11 Å². The van der Waals surface area contributed by atoms with Crippen molar-refractivity contribution in [2.75, 3.05) is 0 Å². The second-order valence-corrected chi connectivity index (χ2v) is 7.45. The summed E-state index contributed by atoms with van der Waals surface area (Å²) in [5.74, 6) is 0. The van der Waals surface area contributed by atoms with Crippen molar-refractivity contribution < 1.29 is 5.11 Å². The Morgan fingerprint density at radius 1 is 0.920 bits per heavy atom. The SMILES string of the molecule is CCCCCCCCCC/C=C/CCCCCC1NC=CN1C(C)O. The van der Waals surface area contributed by atoms with Gasteiger partial charge in [0.2, 0.25) is 0 Å². The molecule has 1 rings (SSSR count). The number of hydrogen-bond donors (Lipinski definition) is 2. The minimum atomic E-state index is -0.407. The lowest BCUT2D eigenvalue weighted by atomic mass is 10.1. The van der Waals surface area contributed by atoms with Crippen LogP contribution in [0.15, 0.2) is 24.6 Å². The summed E-state index contributed by atoms with van der Waals surface area (Å²) >= 11 is 0. The quantitative estimate of drug-likeness (QED) is 0.262. The predicted octanol–water partition coefficient (Wildman–Crippen LogP) is 6.06. The highest BCUT2D eigenvalue weighted by Gasteiger charge is 2.20. The number of nitrogens with zero attached hydrogens (tertiary/aromatic N) is 1. The topological polar surface area (TPSA) is 35.5 Å². The third-order valence-electron chi connectivity index (χ3n) is 5.07. The number of allylic oxidation sites excluding steroid dienone is 2. The summed E-state index contributed by atoms with van der Waals surface area (Å²) < 4.78 is 0. The van der Waals surface area contributed by atoms with Crippen molar-refractivity contribution in [3.05, 3.63) is 24.6 Å². The number of hydrogen-bond acceptors (Lipinski definition) is 3. The van der Waals surface area contributed by atoms with Crippen LogP contribution in [0.1, 0.15) is 104 Å². The number of unbranched alkanes of at least 4 members (excludes halogenated alkanes) is 11. The van der Waals surface area contributed by atoms with E-state index in [2.05, 4.69) is 24.4 Å². The summed E-state index contributed by atoms with van der Waals surface area (Å²) in [6.07, 6.45) is 27.1. The highest BCUT2D eigenvalue weighted by atomic mass is 16.3. The summed E-state index contributed by atoms with van der Waals surface area (Å²) in [5, 5.41) is 13.0. The highest BCUT2D eigenvalue weighted by molar-refractivity contribution is 4.94. The molecule has 0 fully saturated rings. The van der Waals surface area contributed by atoms with Crippen LogP contribution in [0.2, 0.25) is 0 Å². The van der Waals surface area contributed by atoms with Crippen molar-refractivity contribution in [1.29, 1.82) is 0 Å². The van der Waals surface area contributed by atoms with Gasteiger partial charge >= 0.3 is 0 Å². The molecule has 0 aromatic rings. The molecule has 3 heteroatoms. The third-order valence-corrected chi connectivity index (χ3v) is 5.07. The molecule has 1 heterocycles. The molecule has 0 saturated carbocycles. The van der Waals surface area contributed by atoms with Crippen LogP contribution < -0.4 is 5.32 Å². The molecular formula is C22H42N2O. The van der Waals surface area contributed by atoms with Crippen LogP contribution >= 0.6 is 0 Å². The van der Waals surface area contributed by atoms with Gasteiger partial charge in [0.25, 0.3) is 0 Å². The Balaban J connectivity index is 1.83. The van der Waals surface area contributed by atoms with E-state index < -0.39 is 6.23 Å². The van der Waals surface area contributed by atoms with Gasteiger partial charge in [-0.25, -0.2) is 0 Å². The molecule has 0 aliphatic carbocycles. The van der Waals surface area contributed by atoms with Gasteiger partial charge in [-0.3, -0.25) is 0 Å². The Labute approximate surface area is 156 Å². The first-order chi connectivity index (χ1) is 12.3. The van der Waals surface area contributed by atoms with E-state index in [4.69, 9.17) is 0 Å². The highest BCUT2D eigenvalue weighted by Crippen LogP contribution is 2.15. The Morgan fingerprint density at radius 2 is 1.48 bits per heavy atom. The molecule has 146 valence electrons. The van der Waals surface area contributed by atoms with Gasteiger partial charge < -0.3 is 15.3 Å². The van der Waals surface area contributed by atoms with E-state index in [0.717, 1.165) is 6.42 Å². The molecule has 0 bridgehead atoms. The average molecular weight is 351 g/mol. The summed E-state index contributed by atoms with van der Waals surface area (Å²) in [6.45, 7) is 4.10. The van der Waals surface area contributed by atoms with E-state index in [-0.39, 0.29) is 6.17 Å². The van der Waals surface area contributed by atoms with Crippen molar-refractivity contribution in [3.8, 4) is 0 Å². The third kappa shape index (κ3) is 11.3. The Hall–Kier alpha value is -0.960. The fourth-order valence-corrected chi connectivity index (χ4v) is 3.46. The largest absolute Gasteiger partial charge is 0.374 e. The van der Waals surface area contributed by atoms with Gasteiger partial charge in [0.15, 0.2) is 0 Å². The average Bonchev–Trinajstić information content (AvgIpc) is 3.07. The van der Waals surface area contributed by atoms with E-state index in [1.807, 2.05) is 24.2 Å². The number of aliphatic hydroxyl groups is 1. The number of rotatable bonds is 16. The molecule has 0 aromatic carbocycles. The number of nitrogens with one attached hydrogen (secondary N) is 1. The standard InChI is InChI=1S/C22H42N2O/c1-3-4-5-6-7-8-9-10-11-12-13-14-15-16-17-18-22-23-19-20-24(22)21(2)25/h12-13,19-23,25H,3-11,14-18H2,1-2H3/b13-12+. The Kier molecular flexibility index (Phi) is 13.5. The van der Waals surface area contributed by atoms with Gasteiger partial charge in [-0.2, -0.15) is 0 Å². The second kappa shape index (κ2) is 15.3. The van der Waals surface area contributed by atoms with Crippen molar-refractivity contribution in [2.45, 2.75) is 116 Å². The zero-order valence-electron chi connectivity index (χ0n) is 16.8. The van der Waals surface area contributed by atoms with Gasteiger partial charge in [0, 0.05) is 12.4 Å². The molecule has 3 nitrogen and oxygen atoms in total. The zero-order chi connectivity index (χ0) is 18.2. The zero-order valence-corrected chi connectivity index (χ0v) is 16.8. The molecule has 1 aliphatic heterocycles. The molecule has 0 aromatic heterocycles. The molecular weight excluding hydrogens is 308 g/mol. The molecule has 0 spiro atoms. The normalized spacial score (nSPS) is 18.2. The molecule has 2 unspecified atom stereocenters. The van der Waals surface area contributed by atoms with Crippen molar-refractivity contribution >= 4 is 0 Å². The Bertz CT molecular complexity index is 352. The lowest BCUT2D eigenvalue weighted by molar-refractivity contribution is 0.0254. The van der Waals surface area contributed by atoms with Crippen molar-refractivity contribution in [2.24, 2.45) is 0 Å². The lowest BCUT2D eigenvalue weighted by Crippen LogP contribution is -2.40. The fraction of sp³-hybridized carbons (Fsp3) is 0.818. The van der Waals surface area contributed by atoms with Crippen LogP contribution in [0.25, 0.3) is 0 Å². The van der Waals surface area contributed by atoms with Crippen molar-refractivity contribution in [3.63, 3.8) is 0 Å². The van der Waals surface area contributed by atoms with Crippen LogP contribution in [0, 0.1) is 0 Å². The van der Waals surface area contributed by atoms with E-state index in [0.29, 0.717) is 0 Å². The second-order valence-electron chi connectivity index (χ2n) is 7.45. The van der Waals surface area contributed by atoms with Gasteiger partial charge in [-0.05, 0) is 45.4 Å². The molecule has 2 N–H and O–H groups in total. The fourth-order valence-electron chi connectivity index (χ4n) is 3.46. The maximum atomic E-state index is 9.67. The summed E-state index contributed by atoms with van der Waals surface area (Å²) in [6, 6.07) is 0. The number of aliphatic hydroxyl groups excluding tert-OH is 1. The molecule has 1 aliphatic rings. The first-order valence-corrected chi connectivity index (χ1v) is 10.8. The summed E-state index contributed by atoms with van der Waals surface area (Å²) in [5.41, 5.74) is 0. The van der Waals surface area contributed by atoms with Crippen molar-refractivity contribution in [1.82, 2.24) is 10.2 Å². The Morgan fingerprint density at radius 3 is 2.08 bits per heavy atom. The first-order valence-electron chi connectivity index (χ1n) is 10.8. The lowest BCUT2D eigenvalue weighted by Gasteiger charge is -2.28. The van der Waals surface area contributed by atoms with Crippen LogP contribution in [0.5, 0.6) is 0 Å². The molecule has 0 radical (unpaired) electrons. The maximum absolute atomic E-state index is 9.67. The summed E-state index contributed by atoms with van der Waals surface area (Å²) in [7, 11) is 0. The molecule has 0 amide bonds. The first kappa shape index (κ1) is 22.1. The minimum Gasteiger partial charge on any atom is -0.374 e. The summed E-state index contributed by atoms with van der Waals surface area (Å²) in [4.78, 5) is 1.99. The monoisotopic (exact) mass is 350 g/mol. The van der Waals surface area contributed by atoms with Crippen LogP contribution in [-0.4, -0.2) is 22.4 Å². The van der Waals surface area contributed by atoms with E-state index in [1.54, 1.807) is 0 Å². The van der Waals surface area contributed by atoms with Gasteiger partial charge in [0.1, 0.15) is 12.4 Å². The molecule has 0 saturated heterocycles. The smallest absolute Gasteiger partial charge is 0.125 e. The van der Waals surface area contributed by atoms with E-state index >= 15 is 0 Å². The van der Waals surface area contributed by atoms with Gasteiger partial charge in [-0.15, -0.1) is 0 Å². The van der Waals surface area contributed by atoms with Gasteiger partial charge in [-0.1, -0.05) is 70.4 Å². The van der Waals surface area contributed by atoms with Gasteiger partial charge in [0.05, 0.1) is 0 Å². The minimum absolute atomic E-state index is 0.275. The van der Waals surface area contributed by atoms with E-state index in [1.165, 1.54) is 83.5 Å². The molecule has 2 atom stereocenters. The van der Waals surface area contributed by atoms with Crippen LogP contribution in [0.4, 0.5) is 0 Å².